The molecule has 8 heteroatoms. The first-order valence-electron chi connectivity index (χ1n) is 11.8. The molecular weight excluding hydrogens is 470 g/mol. The van der Waals surface area contributed by atoms with Crippen molar-refractivity contribution in [1.82, 2.24) is 15.5 Å². The summed E-state index contributed by atoms with van der Waals surface area (Å²) in [6.07, 6.45) is 3.46. The lowest BCUT2D eigenvalue weighted by atomic mass is 9.97. The first-order chi connectivity index (χ1) is 16.5. The van der Waals surface area contributed by atoms with Crippen LogP contribution in [0.1, 0.15) is 44.7 Å². The van der Waals surface area contributed by atoms with E-state index in [0.717, 1.165) is 46.9 Å². The fourth-order valence-electron chi connectivity index (χ4n) is 4.17. The maximum absolute atomic E-state index is 12.2. The maximum Gasteiger partial charge on any atom is 0.323 e. The number of hydrogen-bond donors (Lipinski definition) is 1. The van der Waals surface area contributed by atoms with E-state index in [1.54, 1.807) is 0 Å². The van der Waals surface area contributed by atoms with Crippen molar-refractivity contribution in [3.8, 4) is 26.9 Å². The normalized spacial score (nSPS) is 15.6. The standard InChI is InChI=1S/C26H30ClN3O3S/c1-4-19-17(12-14-32-26(31)22-9-6-13-28-22)7-5-8-20(19)25-30-29-24(34-25)18-10-11-23(21(27)15-18)33-16(2)3/h5,7-8,10-11,15-16,22,28H,4,6,9,12-14H2,1-3H3/t22-/m1/s1. The van der Waals surface area contributed by atoms with E-state index in [9.17, 15) is 4.79 Å². The molecule has 2 heterocycles. The van der Waals surface area contributed by atoms with Gasteiger partial charge in [-0.3, -0.25) is 4.79 Å². The molecule has 3 aromatic rings. The third-order valence-corrected chi connectivity index (χ3v) is 7.09. The molecule has 6 nitrogen and oxygen atoms in total. The van der Waals surface area contributed by atoms with Crippen LogP contribution in [0.15, 0.2) is 36.4 Å². The summed E-state index contributed by atoms with van der Waals surface area (Å²) >= 11 is 7.96. The zero-order valence-corrected chi connectivity index (χ0v) is 21.3. The molecule has 2 aromatic carbocycles. The van der Waals surface area contributed by atoms with Crippen molar-refractivity contribution in [3.63, 3.8) is 0 Å². The Morgan fingerprint density at radius 2 is 2.06 bits per heavy atom. The van der Waals surface area contributed by atoms with Gasteiger partial charge in [-0.15, -0.1) is 10.2 Å². The van der Waals surface area contributed by atoms with Crippen LogP contribution in [0.5, 0.6) is 5.75 Å². The predicted octanol–water partition coefficient (Wildman–Crippen LogP) is 5.71. The second kappa shape index (κ2) is 11.3. The van der Waals surface area contributed by atoms with Crippen molar-refractivity contribution in [2.24, 2.45) is 0 Å². The molecule has 0 saturated carbocycles. The number of ether oxygens (including phenoxy) is 2. The van der Waals surface area contributed by atoms with Gasteiger partial charge >= 0.3 is 5.97 Å². The van der Waals surface area contributed by atoms with E-state index in [4.69, 9.17) is 21.1 Å². The lowest BCUT2D eigenvalue weighted by Crippen LogP contribution is -2.32. The van der Waals surface area contributed by atoms with Crippen LogP contribution in [0.25, 0.3) is 21.1 Å². The average Bonchev–Trinajstić information content (AvgIpc) is 3.52. The summed E-state index contributed by atoms with van der Waals surface area (Å²) in [5.74, 6) is 0.513. The highest BCUT2D eigenvalue weighted by atomic mass is 35.5. The largest absolute Gasteiger partial charge is 0.489 e. The third-order valence-electron chi connectivity index (χ3n) is 5.78. The van der Waals surface area contributed by atoms with Gasteiger partial charge in [-0.1, -0.05) is 48.1 Å². The second-order valence-corrected chi connectivity index (χ2v) is 9.97. The molecule has 1 saturated heterocycles. The van der Waals surface area contributed by atoms with Crippen LogP contribution in [-0.2, 0) is 22.4 Å². The van der Waals surface area contributed by atoms with Gasteiger partial charge in [-0.05, 0) is 69.0 Å². The van der Waals surface area contributed by atoms with Crippen molar-refractivity contribution >= 4 is 28.9 Å². The molecule has 0 unspecified atom stereocenters. The first-order valence-corrected chi connectivity index (χ1v) is 13.0. The van der Waals surface area contributed by atoms with Crippen LogP contribution in [0.4, 0.5) is 0 Å². The topological polar surface area (TPSA) is 73.3 Å². The molecule has 0 radical (unpaired) electrons. The van der Waals surface area contributed by atoms with Gasteiger partial charge in [0, 0.05) is 17.5 Å². The molecule has 1 aliphatic rings. The monoisotopic (exact) mass is 499 g/mol. The summed E-state index contributed by atoms with van der Waals surface area (Å²) in [4.78, 5) is 12.2. The van der Waals surface area contributed by atoms with E-state index in [1.807, 2.05) is 38.1 Å². The lowest BCUT2D eigenvalue weighted by molar-refractivity contribution is -0.145. The van der Waals surface area contributed by atoms with Crippen molar-refractivity contribution in [2.75, 3.05) is 13.2 Å². The highest BCUT2D eigenvalue weighted by Crippen LogP contribution is 2.36. The predicted molar refractivity (Wildman–Crippen MR) is 137 cm³/mol. The van der Waals surface area contributed by atoms with Gasteiger partial charge in [0.1, 0.15) is 21.8 Å². The minimum Gasteiger partial charge on any atom is -0.489 e. The van der Waals surface area contributed by atoms with Gasteiger partial charge in [-0.2, -0.15) is 0 Å². The smallest absolute Gasteiger partial charge is 0.323 e. The Morgan fingerprint density at radius 3 is 2.76 bits per heavy atom. The fourth-order valence-corrected chi connectivity index (χ4v) is 5.28. The average molecular weight is 500 g/mol. The van der Waals surface area contributed by atoms with Gasteiger partial charge < -0.3 is 14.8 Å². The zero-order chi connectivity index (χ0) is 24.1. The Morgan fingerprint density at radius 1 is 1.24 bits per heavy atom. The minimum atomic E-state index is -0.156. The number of hydrogen-bond acceptors (Lipinski definition) is 7. The Bertz CT molecular complexity index is 1140. The summed E-state index contributed by atoms with van der Waals surface area (Å²) in [6, 6.07) is 11.7. The van der Waals surface area contributed by atoms with Gasteiger partial charge in [0.25, 0.3) is 0 Å². The number of rotatable bonds is 9. The Kier molecular flexibility index (Phi) is 8.19. The first kappa shape index (κ1) is 24.6. The SMILES string of the molecule is CCc1c(CCOC(=O)[C@H]2CCCN2)cccc1-c1nnc(-c2ccc(OC(C)C)c(Cl)c2)s1. The Balaban J connectivity index is 1.49. The van der Waals surface area contributed by atoms with E-state index >= 15 is 0 Å². The molecule has 1 aromatic heterocycles. The molecule has 180 valence electrons. The van der Waals surface area contributed by atoms with E-state index < -0.39 is 0 Å². The number of esters is 1. The van der Waals surface area contributed by atoms with Gasteiger partial charge in [0.2, 0.25) is 0 Å². The summed E-state index contributed by atoms with van der Waals surface area (Å²) in [6.45, 7) is 7.33. The molecule has 0 amide bonds. The van der Waals surface area contributed by atoms with Crippen LogP contribution in [-0.4, -0.2) is 41.5 Å². The summed E-state index contributed by atoms with van der Waals surface area (Å²) < 4.78 is 11.3. The molecule has 1 N–H and O–H groups in total. The molecule has 0 bridgehead atoms. The highest BCUT2D eigenvalue weighted by Gasteiger charge is 2.23. The molecule has 0 spiro atoms. The van der Waals surface area contributed by atoms with Crippen LogP contribution >= 0.6 is 22.9 Å². The fraction of sp³-hybridized carbons (Fsp3) is 0.423. The van der Waals surface area contributed by atoms with Crippen LogP contribution < -0.4 is 10.1 Å². The highest BCUT2D eigenvalue weighted by molar-refractivity contribution is 7.17. The van der Waals surface area contributed by atoms with Gasteiger partial charge in [-0.25, -0.2) is 0 Å². The van der Waals surface area contributed by atoms with Crippen LogP contribution in [0, 0.1) is 0 Å². The number of halogens is 1. The number of benzene rings is 2. The summed E-state index contributed by atoms with van der Waals surface area (Å²) in [5, 5.41) is 14.3. The minimum absolute atomic E-state index is 0.0547. The molecule has 1 aliphatic heterocycles. The second-order valence-electron chi connectivity index (χ2n) is 8.59. The number of carbonyl (C=O) groups excluding carboxylic acids is 1. The number of carbonyl (C=O) groups is 1. The van der Waals surface area contributed by atoms with E-state index in [-0.39, 0.29) is 18.1 Å². The molecular formula is C26H30ClN3O3S. The lowest BCUT2D eigenvalue weighted by Gasteiger charge is -2.14. The summed E-state index contributed by atoms with van der Waals surface area (Å²) in [5.41, 5.74) is 4.35. The van der Waals surface area contributed by atoms with Gasteiger partial charge in [0.05, 0.1) is 17.7 Å². The Hall–Kier alpha value is -2.48. The van der Waals surface area contributed by atoms with E-state index in [1.165, 1.54) is 22.5 Å². The number of nitrogens with zero attached hydrogens (tertiary/aromatic N) is 2. The quantitative estimate of drug-likeness (QED) is 0.380. The number of nitrogens with one attached hydrogen (secondary N) is 1. The van der Waals surface area contributed by atoms with Crippen LogP contribution in [0.3, 0.4) is 0 Å². The van der Waals surface area contributed by atoms with Crippen LogP contribution in [0.2, 0.25) is 5.02 Å². The molecule has 4 rings (SSSR count). The Labute approximate surface area is 209 Å². The number of aromatic nitrogens is 2. The van der Waals surface area contributed by atoms with Crippen molar-refractivity contribution in [2.45, 2.75) is 58.6 Å². The van der Waals surface area contributed by atoms with E-state index in [2.05, 4.69) is 34.6 Å². The zero-order valence-electron chi connectivity index (χ0n) is 19.8. The maximum atomic E-state index is 12.2. The molecule has 1 fully saturated rings. The van der Waals surface area contributed by atoms with Gasteiger partial charge in [0.15, 0.2) is 0 Å². The van der Waals surface area contributed by atoms with Crippen molar-refractivity contribution in [1.29, 1.82) is 0 Å². The molecule has 34 heavy (non-hydrogen) atoms. The molecule has 1 atom stereocenters. The van der Waals surface area contributed by atoms with Crippen molar-refractivity contribution < 1.29 is 14.3 Å². The third kappa shape index (κ3) is 5.77. The van der Waals surface area contributed by atoms with Crippen molar-refractivity contribution in [3.05, 3.63) is 52.5 Å². The molecule has 0 aliphatic carbocycles. The van der Waals surface area contributed by atoms with E-state index in [0.29, 0.717) is 23.8 Å². The summed E-state index contributed by atoms with van der Waals surface area (Å²) in [7, 11) is 0.